The molecule has 0 aliphatic rings. The van der Waals surface area contributed by atoms with Crippen molar-refractivity contribution in [2.45, 2.75) is 25.7 Å². The maximum atomic E-state index is 13.8. The van der Waals surface area contributed by atoms with Crippen molar-refractivity contribution < 1.29 is 4.39 Å². The van der Waals surface area contributed by atoms with Crippen molar-refractivity contribution in [3.63, 3.8) is 0 Å². The number of hydrogen-bond donors (Lipinski definition) is 2. The molecule has 0 bridgehead atoms. The molecule has 0 aliphatic carbocycles. The van der Waals surface area contributed by atoms with E-state index in [0.717, 1.165) is 0 Å². The molecular formula is C18H14FN5O. The third kappa shape index (κ3) is 2.18. The number of hydrogen-bond acceptors (Lipinski definition) is 4. The van der Waals surface area contributed by atoms with E-state index < -0.39 is 11.2 Å². The van der Waals surface area contributed by atoms with Crippen LogP contribution in [0.25, 0.3) is 32.7 Å². The van der Waals surface area contributed by atoms with Gasteiger partial charge in [0.25, 0.3) is 5.56 Å². The number of aromatic nitrogens is 4. The Bertz CT molecular complexity index is 1250. The maximum absolute atomic E-state index is 13.8. The van der Waals surface area contributed by atoms with Crippen molar-refractivity contribution in [1.82, 2.24) is 19.9 Å². The van der Waals surface area contributed by atoms with Crippen LogP contribution in [-0.4, -0.2) is 19.9 Å². The summed E-state index contributed by atoms with van der Waals surface area (Å²) >= 11 is 0. The van der Waals surface area contributed by atoms with E-state index >= 15 is 0 Å². The number of H-pyrrole nitrogens is 2. The Morgan fingerprint density at radius 1 is 1.28 bits per heavy atom. The van der Waals surface area contributed by atoms with Crippen LogP contribution in [0.1, 0.15) is 26.1 Å². The molecule has 0 amide bonds. The summed E-state index contributed by atoms with van der Waals surface area (Å²) in [5.41, 5.74) is 0.828. The van der Waals surface area contributed by atoms with Crippen LogP contribution in [0, 0.1) is 17.1 Å². The van der Waals surface area contributed by atoms with Gasteiger partial charge in [-0.25, -0.2) is 14.4 Å². The Morgan fingerprint density at radius 2 is 2.08 bits per heavy atom. The Labute approximate surface area is 141 Å². The topological polar surface area (TPSA) is 98.2 Å². The number of fused-ring (bicyclic) bond motifs is 6. The number of rotatable bonds is 2. The zero-order valence-electron chi connectivity index (χ0n) is 13.6. The number of imidazole rings is 1. The second-order valence-corrected chi connectivity index (χ2v) is 6.67. The number of halogens is 1. The van der Waals surface area contributed by atoms with Gasteiger partial charge >= 0.3 is 0 Å². The highest BCUT2D eigenvalue weighted by molar-refractivity contribution is 6.21. The summed E-state index contributed by atoms with van der Waals surface area (Å²) in [6.07, 6.45) is 1.60. The van der Waals surface area contributed by atoms with Crippen LogP contribution in [0.4, 0.5) is 4.39 Å². The summed E-state index contributed by atoms with van der Waals surface area (Å²) < 4.78 is 13.8. The number of nitriles is 1. The molecular weight excluding hydrogens is 321 g/mol. The predicted molar refractivity (Wildman–Crippen MR) is 92.7 cm³/mol. The van der Waals surface area contributed by atoms with Gasteiger partial charge in [0, 0.05) is 22.6 Å². The van der Waals surface area contributed by atoms with Crippen LogP contribution in [0.2, 0.25) is 0 Å². The van der Waals surface area contributed by atoms with Gasteiger partial charge in [-0.2, -0.15) is 5.26 Å². The fourth-order valence-electron chi connectivity index (χ4n) is 3.11. The van der Waals surface area contributed by atoms with E-state index in [0.29, 0.717) is 38.5 Å². The molecule has 0 aliphatic heterocycles. The largest absolute Gasteiger partial charge is 0.340 e. The van der Waals surface area contributed by atoms with E-state index in [-0.39, 0.29) is 12.0 Å². The average Bonchev–Trinajstić information content (AvgIpc) is 3.01. The van der Waals surface area contributed by atoms with Gasteiger partial charge in [0.15, 0.2) is 0 Å². The first-order valence-electron chi connectivity index (χ1n) is 7.78. The second-order valence-electron chi connectivity index (χ2n) is 6.67. The van der Waals surface area contributed by atoms with Crippen molar-refractivity contribution in [3.05, 3.63) is 46.5 Å². The Hall–Kier alpha value is -3.27. The zero-order valence-corrected chi connectivity index (χ0v) is 13.6. The van der Waals surface area contributed by atoms with Gasteiger partial charge in [-0.1, -0.05) is 13.8 Å². The molecule has 7 heteroatoms. The lowest BCUT2D eigenvalue weighted by Crippen LogP contribution is -2.18. The summed E-state index contributed by atoms with van der Waals surface area (Å²) in [6.45, 7) is 3.83. The van der Waals surface area contributed by atoms with Gasteiger partial charge in [-0.3, -0.25) is 4.79 Å². The smallest absolute Gasteiger partial charge is 0.259 e. The molecule has 0 atom stereocenters. The zero-order chi connectivity index (χ0) is 17.8. The SMILES string of the molecule is CC(C)(CC#N)c1nc2c3ccc(F)cc3c3c(=O)[nH]cnc3c2[nH]1. The summed E-state index contributed by atoms with van der Waals surface area (Å²) in [7, 11) is 0. The minimum absolute atomic E-state index is 0.283. The molecule has 0 saturated carbocycles. The first kappa shape index (κ1) is 15.3. The van der Waals surface area contributed by atoms with Gasteiger partial charge < -0.3 is 9.97 Å². The summed E-state index contributed by atoms with van der Waals surface area (Å²) in [4.78, 5) is 27.1. The first-order chi connectivity index (χ1) is 11.9. The number of nitrogens with zero attached hydrogens (tertiary/aromatic N) is 3. The molecule has 6 nitrogen and oxygen atoms in total. The van der Waals surface area contributed by atoms with Crippen molar-refractivity contribution in [2.24, 2.45) is 0 Å². The van der Waals surface area contributed by atoms with E-state index in [1.807, 2.05) is 13.8 Å². The summed E-state index contributed by atoms with van der Waals surface area (Å²) in [5.74, 6) is 0.196. The molecule has 2 aromatic heterocycles. The van der Waals surface area contributed by atoms with Gasteiger partial charge in [0.1, 0.15) is 17.2 Å². The molecule has 4 rings (SSSR count). The highest BCUT2D eigenvalue weighted by Crippen LogP contribution is 2.34. The van der Waals surface area contributed by atoms with E-state index in [1.54, 1.807) is 6.07 Å². The predicted octanol–water partition coefficient (Wildman–Crippen LogP) is 3.28. The van der Waals surface area contributed by atoms with Crippen LogP contribution in [0.15, 0.2) is 29.3 Å². The molecule has 0 radical (unpaired) electrons. The highest BCUT2D eigenvalue weighted by atomic mass is 19.1. The summed E-state index contributed by atoms with van der Waals surface area (Å²) in [5, 5.41) is 10.5. The molecule has 0 spiro atoms. The fraction of sp³-hybridized carbons (Fsp3) is 0.222. The fourth-order valence-corrected chi connectivity index (χ4v) is 3.11. The quantitative estimate of drug-likeness (QED) is 0.549. The molecule has 0 fully saturated rings. The molecule has 4 aromatic rings. The molecule has 0 saturated heterocycles. The Balaban J connectivity index is 2.24. The van der Waals surface area contributed by atoms with Gasteiger partial charge in [-0.15, -0.1) is 0 Å². The van der Waals surface area contributed by atoms with Crippen LogP contribution >= 0.6 is 0 Å². The van der Waals surface area contributed by atoms with Crippen LogP contribution in [-0.2, 0) is 5.41 Å². The van der Waals surface area contributed by atoms with E-state index in [1.165, 1.54) is 18.5 Å². The average molecular weight is 335 g/mol. The highest BCUT2D eigenvalue weighted by Gasteiger charge is 2.26. The normalized spacial score (nSPS) is 12.1. The third-order valence-corrected chi connectivity index (χ3v) is 4.46. The molecule has 124 valence electrons. The lowest BCUT2D eigenvalue weighted by molar-refractivity contribution is 0.509. The molecule has 2 heterocycles. The number of benzene rings is 2. The van der Waals surface area contributed by atoms with Crippen molar-refractivity contribution in [3.8, 4) is 6.07 Å². The monoisotopic (exact) mass is 335 g/mol. The van der Waals surface area contributed by atoms with Crippen molar-refractivity contribution >= 4 is 32.7 Å². The minimum Gasteiger partial charge on any atom is -0.340 e. The molecule has 0 unspecified atom stereocenters. The van der Waals surface area contributed by atoms with E-state index in [2.05, 4.69) is 26.0 Å². The first-order valence-corrected chi connectivity index (χ1v) is 7.78. The van der Waals surface area contributed by atoms with E-state index in [4.69, 9.17) is 5.26 Å². The Morgan fingerprint density at radius 3 is 2.84 bits per heavy atom. The van der Waals surface area contributed by atoms with Gasteiger partial charge in [0.2, 0.25) is 0 Å². The number of aromatic amines is 2. The van der Waals surface area contributed by atoms with Crippen molar-refractivity contribution in [1.29, 1.82) is 5.26 Å². The molecule has 25 heavy (non-hydrogen) atoms. The lowest BCUT2D eigenvalue weighted by atomic mass is 9.89. The van der Waals surface area contributed by atoms with Crippen molar-refractivity contribution in [2.75, 3.05) is 0 Å². The maximum Gasteiger partial charge on any atom is 0.259 e. The molecule has 2 N–H and O–H groups in total. The Kier molecular flexibility index (Phi) is 3.12. The number of nitrogens with one attached hydrogen (secondary N) is 2. The van der Waals surface area contributed by atoms with Gasteiger partial charge in [-0.05, 0) is 18.2 Å². The van der Waals surface area contributed by atoms with E-state index in [9.17, 15) is 9.18 Å². The second kappa shape index (κ2) is 5.11. The standard InChI is InChI=1S/C18H14FN5O/c1-18(2,5-6-20)17-23-13-10-4-3-9(19)7-11(10)12-14(15(13)24-17)21-8-22-16(12)25/h3-4,7-8H,5H2,1-2H3,(H,23,24)(H,21,22,25). The van der Waals surface area contributed by atoms with Crippen LogP contribution in [0.3, 0.4) is 0 Å². The van der Waals surface area contributed by atoms with Gasteiger partial charge in [0.05, 0.1) is 28.8 Å². The lowest BCUT2D eigenvalue weighted by Gasteiger charge is -2.17. The van der Waals surface area contributed by atoms with Crippen LogP contribution in [0.5, 0.6) is 0 Å². The van der Waals surface area contributed by atoms with Crippen LogP contribution < -0.4 is 5.56 Å². The minimum atomic E-state index is -0.492. The summed E-state index contributed by atoms with van der Waals surface area (Å²) in [6, 6.07) is 6.44. The molecule has 2 aromatic carbocycles. The third-order valence-electron chi connectivity index (χ3n) is 4.46.